The molecule has 1 rings (SSSR count). The molecular formula is C15H29N. The second-order valence-corrected chi connectivity index (χ2v) is 3.93. The minimum absolute atomic E-state index is 1.07. The fourth-order valence-corrected chi connectivity index (χ4v) is 0.898. The number of hydrogen-bond acceptors (Lipinski definition) is 1. The van der Waals surface area contributed by atoms with E-state index in [0.717, 1.165) is 6.54 Å². The maximum absolute atomic E-state index is 2.93. The van der Waals surface area contributed by atoms with Gasteiger partial charge >= 0.3 is 0 Å². The second kappa shape index (κ2) is 12.3. The summed E-state index contributed by atoms with van der Waals surface area (Å²) in [6, 6.07) is 6.38. The Bertz CT molecular complexity index is 231. The highest BCUT2D eigenvalue weighted by Gasteiger charge is 1.91. The van der Waals surface area contributed by atoms with Crippen LogP contribution in [0.2, 0.25) is 0 Å². The third kappa shape index (κ3) is 9.72. The van der Waals surface area contributed by atoms with Crippen LogP contribution >= 0.6 is 0 Å². The van der Waals surface area contributed by atoms with Crippen LogP contribution in [0, 0.1) is 20.8 Å². The van der Waals surface area contributed by atoms with Crippen molar-refractivity contribution < 1.29 is 0 Å². The van der Waals surface area contributed by atoms with Crippen molar-refractivity contribution in [2.24, 2.45) is 0 Å². The molecule has 0 spiro atoms. The quantitative estimate of drug-likeness (QED) is 0.750. The van der Waals surface area contributed by atoms with Gasteiger partial charge in [0.1, 0.15) is 0 Å². The minimum Gasteiger partial charge on any atom is -0.320 e. The summed E-state index contributed by atoms with van der Waals surface area (Å²) in [6.45, 7) is 13.8. The molecule has 0 aliphatic carbocycles. The van der Waals surface area contributed by atoms with Crippen LogP contribution in [0.1, 0.15) is 43.9 Å². The van der Waals surface area contributed by atoms with Gasteiger partial charge in [0, 0.05) is 0 Å². The van der Waals surface area contributed by atoms with Crippen molar-refractivity contribution in [3.05, 3.63) is 34.9 Å². The molecule has 1 aromatic carbocycles. The van der Waals surface area contributed by atoms with E-state index in [1.807, 2.05) is 7.05 Å². The predicted molar refractivity (Wildman–Crippen MR) is 76.2 cm³/mol. The van der Waals surface area contributed by atoms with Crippen molar-refractivity contribution in [1.29, 1.82) is 0 Å². The molecule has 1 nitrogen and oxygen atoms in total. The summed E-state index contributed by atoms with van der Waals surface area (Å²) < 4.78 is 0. The molecule has 0 atom stereocenters. The van der Waals surface area contributed by atoms with Gasteiger partial charge in [-0.1, -0.05) is 45.4 Å². The lowest BCUT2D eigenvalue weighted by Gasteiger charge is -2.00. The maximum atomic E-state index is 2.93. The first-order valence-electron chi connectivity index (χ1n) is 6.22. The molecule has 0 aliphatic rings. The molecular weight excluding hydrogens is 194 g/mol. The third-order valence-corrected chi connectivity index (χ3v) is 2.23. The smallest absolute Gasteiger partial charge is 0.00804 e. The van der Waals surface area contributed by atoms with Crippen molar-refractivity contribution in [1.82, 2.24) is 5.32 Å². The van der Waals surface area contributed by atoms with Gasteiger partial charge in [-0.05, 0) is 51.1 Å². The van der Waals surface area contributed by atoms with Crippen LogP contribution in [0.15, 0.2) is 18.2 Å². The van der Waals surface area contributed by atoms with Gasteiger partial charge in [0.25, 0.3) is 0 Å². The van der Waals surface area contributed by atoms with Crippen LogP contribution in [-0.4, -0.2) is 13.6 Å². The molecule has 0 aliphatic heterocycles. The molecule has 0 bridgehead atoms. The molecule has 0 unspecified atom stereocenters. The van der Waals surface area contributed by atoms with E-state index < -0.39 is 0 Å². The Hall–Kier alpha value is -0.820. The molecule has 94 valence electrons. The first-order valence-corrected chi connectivity index (χ1v) is 6.22. The van der Waals surface area contributed by atoms with Gasteiger partial charge in [-0.3, -0.25) is 0 Å². The van der Waals surface area contributed by atoms with E-state index in [-0.39, 0.29) is 0 Å². The molecule has 0 fully saturated rings. The molecule has 1 heteroatoms. The minimum atomic E-state index is 1.07. The van der Waals surface area contributed by atoms with Gasteiger partial charge in [0.05, 0.1) is 0 Å². The molecule has 0 heterocycles. The Kier molecular flexibility index (Phi) is 13.5. The summed E-state index contributed by atoms with van der Waals surface area (Å²) in [7, 11) is 1.93. The van der Waals surface area contributed by atoms with Gasteiger partial charge in [-0.25, -0.2) is 0 Å². The summed E-state index contributed by atoms with van der Waals surface area (Å²) >= 11 is 0. The third-order valence-electron chi connectivity index (χ3n) is 2.23. The Labute approximate surface area is 102 Å². The number of benzene rings is 1. The largest absolute Gasteiger partial charge is 0.320 e. The first kappa shape index (κ1) is 17.6. The van der Waals surface area contributed by atoms with Crippen molar-refractivity contribution in [2.45, 2.75) is 48.0 Å². The highest BCUT2D eigenvalue weighted by Crippen LogP contribution is 2.09. The maximum Gasteiger partial charge on any atom is -0.00804 e. The normalized spacial score (nSPS) is 8.44. The van der Waals surface area contributed by atoms with Gasteiger partial charge in [0.15, 0.2) is 0 Å². The fraction of sp³-hybridized carbons (Fsp3) is 0.600. The van der Waals surface area contributed by atoms with Crippen LogP contribution in [0.4, 0.5) is 0 Å². The molecule has 1 N–H and O–H groups in total. The lowest BCUT2D eigenvalue weighted by Crippen LogP contribution is -2.01. The van der Waals surface area contributed by atoms with Crippen molar-refractivity contribution in [2.75, 3.05) is 13.6 Å². The fourth-order valence-electron chi connectivity index (χ4n) is 0.898. The first-order chi connectivity index (χ1) is 7.54. The second-order valence-electron chi connectivity index (χ2n) is 3.93. The zero-order chi connectivity index (χ0) is 13.0. The Morgan fingerprint density at radius 3 is 1.44 bits per heavy atom. The van der Waals surface area contributed by atoms with Crippen LogP contribution in [0.5, 0.6) is 0 Å². The molecule has 0 amide bonds. The lowest BCUT2D eigenvalue weighted by atomic mass is 10.1. The molecule has 0 aromatic heterocycles. The van der Waals surface area contributed by atoms with Crippen molar-refractivity contribution in [3.8, 4) is 0 Å². The van der Waals surface area contributed by atoms with Crippen LogP contribution in [0.3, 0.4) is 0 Å². The average Bonchev–Trinajstić information content (AvgIpc) is 2.27. The Balaban J connectivity index is 0. The van der Waals surface area contributed by atoms with E-state index in [9.17, 15) is 0 Å². The number of nitrogens with one attached hydrogen (secondary N) is 1. The molecule has 1 aromatic rings. The topological polar surface area (TPSA) is 12.0 Å². The summed E-state index contributed by atoms with van der Waals surface area (Å²) in [6.07, 6.45) is 1.25. The molecule has 0 saturated heterocycles. The monoisotopic (exact) mass is 223 g/mol. The Morgan fingerprint density at radius 1 is 0.938 bits per heavy atom. The summed E-state index contributed by atoms with van der Waals surface area (Å²) in [5.74, 6) is 0. The van der Waals surface area contributed by atoms with E-state index in [1.54, 1.807) is 0 Å². The van der Waals surface area contributed by atoms with E-state index in [1.165, 1.54) is 23.1 Å². The number of aryl methyl sites for hydroxylation is 2. The zero-order valence-electron chi connectivity index (χ0n) is 12.1. The van der Waals surface area contributed by atoms with Gasteiger partial charge < -0.3 is 5.32 Å². The number of rotatable bonds is 1. The van der Waals surface area contributed by atoms with E-state index in [2.05, 4.69) is 65.1 Å². The van der Waals surface area contributed by atoms with E-state index >= 15 is 0 Å². The number of hydrogen-bond donors (Lipinski definition) is 1. The zero-order valence-corrected chi connectivity index (χ0v) is 12.1. The van der Waals surface area contributed by atoms with Crippen molar-refractivity contribution in [3.63, 3.8) is 0 Å². The highest BCUT2D eigenvalue weighted by molar-refractivity contribution is 5.31. The van der Waals surface area contributed by atoms with Crippen LogP contribution in [-0.2, 0) is 0 Å². The van der Waals surface area contributed by atoms with Gasteiger partial charge in [-0.2, -0.15) is 0 Å². The van der Waals surface area contributed by atoms with Crippen molar-refractivity contribution >= 4 is 0 Å². The highest BCUT2D eigenvalue weighted by atomic mass is 14.8. The Morgan fingerprint density at radius 2 is 1.25 bits per heavy atom. The van der Waals surface area contributed by atoms with E-state index in [4.69, 9.17) is 0 Å². The summed E-state index contributed by atoms with van der Waals surface area (Å²) in [5.41, 5.74) is 4.18. The molecule has 16 heavy (non-hydrogen) atoms. The standard InChI is InChI=1S/C9H12.C3H9N.C3H8/c1-7-5-4-6-8(2)9(7)3;1-3-4-2;1-3-2/h4-6H,1-3H3;4H,3H2,1-2H3;3H2,1-2H3. The van der Waals surface area contributed by atoms with Gasteiger partial charge in [-0.15, -0.1) is 0 Å². The summed E-state index contributed by atoms with van der Waals surface area (Å²) in [5, 5.41) is 2.93. The van der Waals surface area contributed by atoms with Gasteiger partial charge in [0.2, 0.25) is 0 Å². The van der Waals surface area contributed by atoms with E-state index in [0.29, 0.717) is 0 Å². The average molecular weight is 223 g/mol. The predicted octanol–water partition coefficient (Wildman–Crippen LogP) is 4.25. The molecule has 0 saturated carbocycles. The van der Waals surface area contributed by atoms with Crippen LogP contribution < -0.4 is 5.32 Å². The summed E-state index contributed by atoms with van der Waals surface area (Å²) in [4.78, 5) is 0. The lowest BCUT2D eigenvalue weighted by molar-refractivity contribution is 0.864. The SMILES string of the molecule is CCC.CCNC.Cc1cccc(C)c1C. The van der Waals surface area contributed by atoms with Crippen LogP contribution in [0.25, 0.3) is 0 Å². The molecule has 0 radical (unpaired) electrons.